The highest BCUT2D eigenvalue weighted by molar-refractivity contribution is 14.1. The Bertz CT molecular complexity index is 343. The molecule has 1 aromatic rings. The summed E-state index contributed by atoms with van der Waals surface area (Å²) in [6, 6.07) is 7.06. The molecule has 0 saturated carbocycles. The van der Waals surface area contributed by atoms with Gasteiger partial charge in [-0.1, -0.05) is 17.7 Å². The van der Waals surface area contributed by atoms with Crippen molar-refractivity contribution < 1.29 is 8.78 Å². The smallest absolute Gasteiger partial charge is 0.240 e. The molecule has 0 radical (unpaired) electrons. The molecule has 5 heteroatoms. The van der Waals surface area contributed by atoms with Crippen molar-refractivity contribution in [3.63, 3.8) is 0 Å². The fraction of sp³-hybridized carbons (Fsp3) is 0.222. The Morgan fingerprint density at radius 3 is 2.29 bits per heavy atom. The average molecular weight is 374 g/mol. The molecule has 0 fully saturated rings. The maximum atomic E-state index is 12.7. The molecule has 0 spiro atoms. The van der Waals surface area contributed by atoms with Gasteiger partial charge in [-0.15, -0.1) is 0 Å². The van der Waals surface area contributed by atoms with E-state index in [1.807, 2.05) is 19.1 Å². The van der Waals surface area contributed by atoms with Gasteiger partial charge in [0, 0.05) is 0 Å². The van der Waals surface area contributed by atoms with Crippen LogP contribution in [0.5, 0.6) is 0 Å². The Morgan fingerprint density at radius 2 is 1.86 bits per heavy atom. The van der Waals surface area contributed by atoms with Crippen LogP contribution < -0.4 is 0 Å². The number of aryl methyl sites for hydroxylation is 1. The standard InChI is InChI=1S/C9H7BrF2IN/c1-6-2-4-7(5-3-6)14-8(13)9(10,11)12/h2-5H,1H3. The van der Waals surface area contributed by atoms with E-state index in [0.29, 0.717) is 5.69 Å². The third-order valence-electron chi connectivity index (χ3n) is 1.50. The van der Waals surface area contributed by atoms with Crippen LogP contribution in [0.2, 0.25) is 0 Å². The first-order valence-electron chi connectivity index (χ1n) is 3.77. The summed E-state index contributed by atoms with van der Waals surface area (Å²) in [4.78, 5) is 0.735. The van der Waals surface area contributed by atoms with Crippen LogP contribution in [-0.4, -0.2) is 8.55 Å². The van der Waals surface area contributed by atoms with Crippen molar-refractivity contribution in [3.8, 4) is 0 Å². The Kier molecular flexibility index (Phi) is 4.00. The first-order chi connectivity index (χ1) is 6.39. The number of alkyl halides is 3. The zero-order valence-corrected chi connectivity index (χ0v) is 11.0. The lowest BCUT2D eigenvalue weighted by molar-refractivity contribution is 0.198. The van der Waals surface area contributed by atoms with Gasteiger partial charge >= 0.3 is 4.83 Å². The van der Waals surface area contributed by atoms with Crippen LogP contribution in [-0.2, 0) is 0 Å². The molecule has 0 heterocycles. The van der Waals surface area contributed by atoms with Crippen LogP contribution in [0.3, 0.4) is 0 Å². The van der Waals surface area contributed by atoms with E-state index >= 15 is 0 Å². The van der Waals surface area contributed by atoms with Crippen LogP contribution >= 0.6 is 38.5 Å². The number of nitrogens with zero attached hydrogens (tertiary/aromatic N) is 1. The van der Waals surface area contributed by atoms with Gasteiger partial charge in [-0.3, -0.25) is 0 Å². The summed E-state index contributed by atoms with van der Waals surface area (Å²) in [6.45, 7) is 1.93. The first kappa shape index (κ1) is 12.0. The van der Waals surface area contributed by atoms with Crippen LogP contribution in [0.4, 0.5) is 14.5 Å². The van der Waals surface area contributed by atoms with Crippen molar-refractivity contribution >= 4 is 47.9 Å². The molecular formula is C9H7BrF2IN. The molecule has 14 heavy (non-hydrogen) atoms. The summed E-state index contributed by atoms with van der Waals surface area (Å²) in [6.07, 6.45) is 0. The van der Waals surface area contributed by atoms with E-state index in [9.17, 15) is 8.78 Å². The summed E-state index contributed by atoms with van der Waals surface area (Å²) in [5.74, 6) is 0. The van der Waals surface area contributed by atoms with E-state index in [2.05, 4.69) is 20.9 Å². The molecular weight excluding hydrogens is 367 g/mol. The summed E-state index contributed by atoms with van der Waals surface area (Å²) in [7, 11) is 0. The van der Waals surface area contributed by atoms with Crippen LogP contribution in [0.15, 0.2) is 29.3 Å². The normalized spacial score (nSPS) is 13.1. The zero-order chi connectivity index (χ0) is 10.8. The Labute approximate surface area is 103 Å². The van der Waals surface area contributed by atoms with E-state index in [1.165, 1.54) is 22.6 Å². The maximum Gasteiger partial charge on any atom is 0.348 e. The predicted molar refractivity (Wildman–Crippen MR) is 66.2 cm³/mol. The van der Waals surface area contributed by atoms with Crippen molar-refractivity contribution in [2.24, 2.45) is 4.99 Å². The predicted octanol–water partition coefficient (Wildman–Crippen LogP) is 4.45. The number of halogens is 4. The van der Waals surface area contributed by atoms with E-state index < -0.39 is 4.83 Å². The number of benzene rings is 1. The third kappa shape index (κ3) is 3.61. The van der Waals surface area contributed by atoms with Crippen molar-refractivity contribution in [3.05, 3.63) is 29.8 Å². The molecule has 0 aromatic heterocycles. The summed E-state index contributed by atoms with van der Waals surface area (Å²) in [5, 5.41) is 0. The minimum atomic E-state index is -3.04. The summed E-state index contributed by atoms with van der Waals surface area (Å²) in [5.41, 5.74) is 1.60. The molecule has 0 aliphatic heterocycles. The van der Waals surface area contributed by atoms with E-state index in [4.69, 9.17) is 0 Å². The fourth-order valence-electron chi connectivity index (χ4n) is 0.796. The van der Waals surface area contributed by atoms with Gasteiger partial charge in [0.05, 0.1) is 5.69 Å². The van der Waals surface area contributed by atoms with Gasteiger partial charge in [-0.2, -0.15) is 8.78 Å². The molecule has 1 nitrogen and oxygen atoms in total. The van der Waals surface area contributed by atoms with E-state index in [0.717, 1.165) is 5.56 Å². The number of rotatable bonds is 2. The monoisotopic (exact) mass is 373 g/mol. The van der Waals surface area contributed by atoms with Crippen LogP contribution in [0, 0.1) is 6.92 Å². The van der Waals surface area contributed by atoms with Crippen molar-refractivity contribution in [1.82, 2.24) is 0 Å². The molecule has 0 atom stereocenters. The molecule has 1 rings (SSSR count). The van der Waals surface area contributed by atoms with Crippen LogP contribution in [0.25, 0.3) is 0 Å². The van der Waals surface area contributed by atoms with Crippen molar-refractivity contribution in [2.75, 3.05) is 0 Å². The molecule has 0 bridgehead atoms. The quantitative estimate of drug-likeness (QED) is 0.412. The lowest BCUT2D eigenvalue weighted by atomic mass is 10.2. The topological polar surface area (TPSA) is 12.4 Å². The number of hydrogen-bond acceptors (Lipinski definition) is 1. The zero-order valence-electron chi connectivity index (χ0n) is 7.27. The van der Waals surface area contributed by atoms with Crippen molar-refractivity contribution in [2.45, 2.75) is 11.8 Å². The second-order valence-electron chi connectivity index (χ2n) is 2.74. The van der Waals surface area contributed by atoms with Gasteiger partial charge < -0.3 is 0 Å². The maximum absolute atomic E-state index is 12.7. The molecule has 0 N–H and O–H groups in total. The van der Waals surface area contributed by atoms with Gasteiger partial charge in [-0.05, 0) is 57.6 Å². The highest BCUT2D eigenvalue weighted by Gasteiger charge is 2.29. The Balaban J connectivity index is 2.93. The largest absolute Gasteiger partial charge is 0.348 e. The molecule has 0 saturated heterocycles. The fourth-order valence-corrected chi connectivity index (χ4v) is 1.16. The highest BCUT2D eigenvalue weighted by atomic mass is 127. The molecule has 0 amide bonds. The van der Waals surface area contributed by atoms with Gasteiger partial charge in [0.15, 0.2) is 3.72 Å². The minimum absolute atomic E-state index is 0.279. The molecule has 0 aliphatic rings. The van der Waals surface area contributed by atoms with Crippen molar-refractivity contribution in [1.29, 1.82) is 0 Å². The SMILES string of the molecule is Cc1ccc(N=C(I)C(F)(F)Br)cc1. The molecule has 0 aliphatic carbocycles. The van der Waals surface area contributed by atoms with Gasteiger partial charge in [0.1, 0.15) is 0 Å². The summed E-state index contributed by atoms with van der Waals surface area (Å²) >= 11 is 3.76. The highest BCUT2D eigenvalue weighted by Crippen LogP contribution is 2.29. The van der Waals surface area contributed by atoms with Gasteiger partial charge in [-0.25, -0.2) is 4.99 Å². The minimum Gasteiger partial charge on any atom is -0.240 e. The molecule has 1 aromatic carbocycles. The van der Waals surface area contributed by atoms with E-state index in [1.54, 1.807) is 12.1 Å². The van der Waals surface area contributed by atoms with Gasteiger partial charge in [0.25, 0.3) is 0 Å². The number of hydrogen-bond donors (Lipinski definition) is 0. The second kappa shape index (κ2) is 4.65. The molecule has 0 unspecified atom stereocenters. The lowest BCUT2D eigenvalue weighted by Crippen LogP contribution is -2.13. The Morgan fingerprint density at radius 1 is 1.36 bits per heavy atom. The van der Waals surface area contributed by atoms with Crippen LogP contribution in [0.1, 0.15) is 5.56 Å². The third-order valence-corrected chi connectivity index (χ3v) is 3.53. The first-order valence-corrected chi connectivity index (χ1v) is 5.65. The van der Waals surface area contributed by atoms with E-state index in [-0.39, 0.29) is 3.72 Å². The average Bonchev–Trinajstić information content (AvgIpc) is 2.07. The summed E-state index contributed by atoms with van der Waals surface area (Å²) < 4.78 is 25.0. The number of aliphatic imine (C=N–C) groups is 1. The second-order valence-corrected chi connectivity index (χ2v) is 4.75. The molecule has 76 valence electrons. The van der Waals surface area contributed by atoms with Gasteiger partial charge in [0.2, 0.25) is 0 Å². The lowest BCUT2D eigenvalue weighted by Gasteiger charge is -2.05. The Hall–Kier alpha value is -0.0400.